The first-order chi connectivity index (χ1) is 17.1. The molecule has 0 saturated carbocycles. The molecular weight excluding hydrogens is 488 g/mol. The van der Waals surface area contributed by atoms with Gasteiger partial charge in [-0.2, -0.15) is 4.31 Å². The number of aliphatic hydroxyl groups is 1. The molecule has 2 fully saturated rings. The topological polar surface area (TPSA) is 124 Å². The molecule has 2 saturated heterocycles. The van der Waals surface area contributed by atoms with E-state index in [1.807, 2.05) is 25.1 Å². The number of β-amino-alcohol motifs (C(OH)–C–C–N with tert-alkyl or cyclic N) is 1. The van der Waals surface area contributed by atoms with E-state index in [0.29, 0.717) is 11.5 Å². The highest BCUT2D eigenvalue weighted by molar-refractivity contribution is 7.89. The summed E-state index contributed by atoms with van der Waals surface area (Å²) in [7, 11) is -4.22. The second-order valence-electron chi connectivity index (χ2n) is 9.21. The molecule has 36 heavy (non-hydrogen) atoms. The molecule has 0 radical (unpaired) electrons. The van der Waals surface area contributed by atoms with Gasteiger partial charge in [0.05, 0.1) is 17.6 Å². The molecule has 2 aromatic carbocycles. The van der Waals surface area contributed by atoms with Crippen molar-refractivity contribution in [1.82, 2.24) is 9.79 Å². The van der Waals surface area contributed by atoms with Crippen LogP contribution in [0.2, 0.25) is 0 Å². The summed E-state index contributed by atoms with van der Waals surface area (Å²) in [5, 5.41) is 10.8. The predicted molar refractivity (Wildman–Crippen MR) is 129 cm³/mol. The molecule has 11 heteroatoms. The van der Waals surface area contributed by atoms with Crippen LogP contribution in [0.4, 0.5) is 0 Å². The molecule has 196 valence electrons. The van der Waals surface area contributed by atoms with Gasteiger partial charge in [-0.25, -0.2) is 13.9 Å². The molecule has 2 aromatic rings. The van der Waals surface area contributed by atoms with Gasteiger partial charge >= 0.3 is 0 Å². The van der Waals surface area contributed by atoms with E-state index >= 15 is 0 Å². The van der Waals surface area contributed by atoms with Crippen LogP contribution < -0.4 is 10.2 Å². The average molecular weight is 521 g/mol. The van der Waals surface area contributed by atoms with Crippen molar-refractivity contribution in [2.24, 2.45) is 0 Å². The van der Waals surface area contributed by atoms with Gasteiger partial charge in [0.15, 0.2) is 5.79 Å². The van der Waals surface area contributed by atoms with Gasteiger partial charge in [-0.15, -0.1) is 0 Å². The molecule has 0 aromatic heterocycles. The van der Waals surface area contributed by atoms with Crippen molar-refractivity contribution in [3.05, 3.63) is 54.6 Å². The summed E-state index contributed by atoms with van der Waals surface area (Å²) in [6.45, 7) is 5.21. The number of fused-ring (bicyclic) bond motifs is 1. The number of amides is 1. The Hall–Kier alpha value is -2.54. The number of hydrogen-bond acceptors (Lipinski definition) is 8. The Morgan fingerprint density at radius 2 is 1.72 bits per heavy atom. The van der Waals surface area contributed by atoms with E-state index in [9.17, 15) is 18.3 Å². The van der Waals surface area contributed by atoms with Crippen molar-refractivity contribution in [2.45, 2.75) is 68.6 Å². The van der Waals surface area contributed by atoms with Crippen LogP contribution in [0.5, 0.6) is 11.5 Å². The maximum atomic E-state index is 13.7. The molecule has 4 rings (SSSR count). The van der Waals surface area contributed by atoms with Gasteiger partial charge in [-0.3, -0.25) is 9.63 Å². The number of hydrogen-bond donors (Lipinski definition) is 2. The molecule has 0 aliphatic carbocycles. The normalized spacial score (nSPS) is 25.8. The number of nitrogens with zero attached hydrogens (tertiary/aromatic N) is 1. The first kappa shape index (κ1) is 26.5. The lowest BCUT2D eigenvalue weighted by Gasteiger charge is -2.41. The lowest BCUT2D eigenvalue weighted by atomic mass is 9.95. The lowest BCUT2D eigenvalue weighted by molar-refractivity contribution is -0.156. The van der Waals surface area contributed by atoms with Crippen molar-refractivity contribution >= 4 is 15.9 Å². The number of hydroxylamine groups is 1. The quantitative estimate of drug-likeness (QED) is 0.382. The van der Waals surface area contributed by atoms with Crippen molar-refractivity contribution < 1.29 is 37.4 Å². The summed E-state index contributed by atoms with van der Waals surface area (Å²) < 4.78 is 45.8. The number of nitrogens with one attached hydrogen (secondary N) is 1. The van der Waals surface area contributed by atoms with Gasteiger partial charge in [-0.05, 0) is 56.7 Å². The van der Waals surface area contributed by atoms with Gasteiger partial charge in [-0.1, -0.05) is 31.5 Å². The van der Waals surface area contributed by atoms with Crippen LogP contribution >= 0.6 is 0 Å². The van der Waals surface area contributed by atoms with E-state index in [2.05, 4.69) is 5.48 Å². The zero-order valence-electron chi connectivity index (χ0n) is 20.5. The monoisotopic (exact) mass is 520 g/mol. The van der Waals surface area contributed by atoms with E-state index in [4.69, 9.17) is 19.0 Å². The van der Waals surface area contributed by atoms with Crippen molar-refractivity contribution in [1.29, 1.82) is 0 Å². The molecule has 0 bridgehead atoms. The molecule has 10 nitrogen and oxygen atoms in total. The molecular formula is C25H32N2O8S. The SMILES string of the molecule is CCCCONC(=O)[C@H]1[C@H]2OC(C)(C)O[C@@H]2[C@H](O)CN1S(=O)(=O)c1ccc(Oc2ccccc2)cc1. The molecule has 2 heterocycles. The number of sulfonamides is 1. The Bertz CT molecular complexity index is 1140. The second-order valence-corrected chi connectivity index (χ2v) is 11.1. The third kappa shape index (κ3) is 5.72. The van der Waals surface area contributed by atoms with E-state index < -0.39 is 46.1 Å². The first-order valence-corrected chi connectivity index (χ1v) is 13.4. The van der Waals surface area contributed by atoms with Crippen LogP contribution in [0.1, 0.15) is 33.6 Å². The Morgan fingerprint density at radius 1 is 1.08 bits per heavy atom. The van der Waals surface area contributed by atoms with E-state index in [0.717, 1.165) is 17.1 Å². The summed E-state index contributed by atoms with van der Waals surface area (Å²) in [5.74, 6) is -0.735. The highest BCUT2D eigenvalue weighted by Gasteiger charge is 2.58. The number of benzene rings is 2. The minimum absolute atomic E-state index is 0.0589. The number of carbonyl (C=O) groups excluding carboxylic acids is 1. The lowest BCUT2D eigenvalue weighted by Crippen LogP contribution is -2.65. The Morgan fingerprint density at radius 3 is 2.39 bits per heavy atom. The van der Waals surface area contributed by atoms with Crippen LogP contribution in [-0.2, 0) is 29.1 Å². The van der Waals surface area contributed by atoms with Crippen LogP contribution in [0, 0.1) is 0 Å². The fourth-order valence-corrected chi connectivity index (χ4v) is 5.91. The zero-order valence-corrected chi connectivity index (χ0v) is 21.3. The van der Waals surface area contributed by atoms with Crippen LogP contribution in [0.3, 0.4) is 0 Å². The third-order valence-corrected chi connectivity index (χ3v) is 7.84. The minimum Gasteiger partial charge on any atom is -0.457 e. The number of aliphatic hydroxyl groups excluding tert-OH is 1. The summed E-state index contributed by atoms with van der Waals surface area (Å²) in [4.78, 5) is 18.4. The van der Waals surface area contributed by atoms with Crippen molar-refractivity contribution in [2.75, 3.05) is 13.2 Å². The number of piperidine rings is 1. The number of unbranched alkanes of at least 4 members (excludes halogenated alkanes) is 1. The van der Waals surface area contributed by atoms with Gasteiger partial charge in [0.1, 0.15) is 29.7 Å². The Labute approximate surface area is 211 Å². The molecule has 4 atom stereocenters. The fraction of sp³-hybridized carbons (Fsp3) is 0.480. The maximum absolute atomic E-state index is 13.7. The molecule has 0 spiro atoms. The minimum atomic E-state index is -4.22. The van der Waals surface area contributed by atoms with Gasteiger partial charge in [0, 0.05) is 6.54 Å². The van der Waals surface area contributed by atoms with Crippen LogP contribution in [0.15, 0.2) is 59.5 Å². The average Bonchev–Trinajstić information content (AvgIpc) is 3.18. The van der Waals surface area contributed by atoms with Gasteiger partial charge in [0.2, 0.25) is 10.0 Å². The first-order valence-electron chi connectivity index (χ1n) is 11.9. The largest absolute Gasteiger partial charge is 0.457 e. The molecule has 2 aliphatic rings. The number of ether oxygens (including phenoxy) is 3. The number of para-hydroxylation sites is 1. The molecule has 2 N–H and O–H groups in total. The Balaban J connectivity index is 1.60. The molecule has 2 aliphatic heterocycles. The highest BCUT2D eigenvalue weighted by Crippen LogP contribution is 2.39. The summed E-state index contributed by atoms with van der Waals surface area (Å²) in [5.41, 5.74) is 2.35. The highest BCUT2D eigenvalue weighted by atomic mass is 32.2. The van der Waals surface area contributed by atoms with E-state index in [-0.39, 0.29) is 18.0 Å². The second kappa shape index (κ2) is 10.8. The Kier molecular flexibility index (Phi) is 7.98. The summed E-state index contributed by atoms with van der Waals surface area (Å²) >= 11 is 0. The predicted octanol–water partition coefficient (Wildman–Crippen LogP) is 2.58. The van der Waals surface area contributed by atoms with Gasteiger partial charge in [0.25, 0.3) is 5.91 Å². The summed E-state index contributed by atoms with van der Waals surface area (Å²) in [6, 6.07) is 13.6. The molecule has 1 amide bonds. The van der Waals surface area contributed by atoms with Crippen LogP contribution in [-0.4, -0.2) is 67.0 Å². The number of rotatable bonds is 9. The maximum Gasteiger partial charge on any atom is 0.264 e. The van der Waals surface area contributed by atoms with E-state index in [1.54, 1.807) is 26.0 Å². The van der Waals surface area contributed by atoms with Crippen molar-refractivity contribution in [3.63, 3.8) is 0 Å². The van der Waals surface area contributed by atoms with Crippen molar-refractivity contribution in [3.8, 4) is 11.5 Å². The van der Waals surface area contributed by atoms with Gasteiger partial charge < -0.3 is 19.3 Å². The smallest absolute Gasteiger partial charge is 0.264 e. The fourth-order valence-electron chi connectivity index (χ4n) is 4.29. The van der Waals surface area contributed by atoms with Crippen LogP contribution in [0.25, 0.3) is 0 Å². The van der Waals surface area contributed by atoms with E-state index in [1.165, 1.54) is 24.3 Å². The summed E-state index contributed by atoms with van der Waals surface area (Å²) in [6.07, 6.45) is -1.51. The standard InChI is InChI=1S/C25H32N2O8S/c1-4-5-15-32-26-24(29)21-23-22(34-25(2,3)35-23)20(28)16-27(21)36(30,31)19-13-11-18(12-14-19)33-17-9-7-6-8-10-17/h6-14,20-23,28H,4-5,15-16H2,1-3H3,(H,26,29)/t20-,21-,22-,23-/m1/s1. The third-order valence-electron chi connectivity index (χ3n) is 5.98. The number of carbonyl (C=O) groups is 1. The zero-order chi connectivity index (χ0) is 25.9. The molecule has 0 unspecified atom stereocenters.